The molecule has 0 saturated carbocycles. The molecule has 2 fully saturated rings. The van der Waals surface area contributed by atoms with Gasteiger partial charge < -0.3 is 85.6 Å². The fraction of sp³-hybridized carbons (Fsp3) is 0.667. The molecule has 0 aromatic rings. The largest absolute Gasteiger partial charge is 0.469 e. The summed E-state index contributed by atoms with van der Waals surface area (Å²) in [6.45, 7) is 6.72. The molecule has 13 N–H and O–H groups in total. The van der Waals surface area contributed by atoms with E-state index in [2.05, 4.69) is 0 Å². The van der Waals surface area contributed by atoms with Gasteiger partial charge in [-0.25, -0.2) is 0 Å². The molecule has 3 aliphatic heterocycles. The fourth-order valence-electron chi connectivity index (χ4n) is 8.06. The van der Waals surface area contributed by atoms with Crippen molar-refractivity contribution in [2.75, 3.05) is 7.11 Å². The molecule has 0 aliphatic carbocycles. The van der Waals surface area contributed by atoms with Gasteiger partial charge in [-0.1, -0.05) is 98.9 Å². The van der Waals surface area contributed by atoms with Gasteiger partial charge in [0.15, 0.2) is 12.1 Å². The van der Waals surface area contributed by atoms with E-state index in [-0.39, 0.29) is 31.6 Å². The molecule has 0 aromatic carbocycles. The van der Waals surface area contributed by atoms with Crippen LogP contribution < -0.4 is 5.73 Å². The number of aliphatic hydroxyl groups is 11. The molecule has 380 valence electrons. The molecule has 3 heterocycles. The second-order valence-electron chi connectivity index (χ2n) is 17.8. The summed E-state index contributed by atoms with van der Waals surface area (Å²) in [5.74, 6) is -6.90. The van der Waals surface area contributed by atoms with Crippen molar-refractivity contribution >= 4 is 11.9 Å². The maximum atomic E-state index is 13.1. The first-order valence-corrected chi connectivity index (χ1v) is 22.8. The normalized spacial score (nSPS) is 45.6. The number of hydrogen-bond acceptors (Lipinski definition) is 19. The highest BCUT2D eigenvalue weighted by Gasteiger charge is 2.57. The van der Waals surface area contributed by atoms with Crippen molar-refractivity contribution in [1.29, 1.82) is 0 Å². The summed E-state index contributed by atoms with van der Waals surface area (Å²) in [7, 11) is 1.04. The summed E-state index contributed by atoms with van der Waals surface area (Å²) in [4.78, 5) is 25.7. The molecule has 20 atom stereocenters. The number of allylic oxidation sites excluding steroid dienone is 12. The first-order chi connectivity index (χ1) is 31.6. The lowest BCUT2D eigenvalue weighted by Gasteiger charge is -2.48. The minimum atomic E-state index is -2.76. The van der Waals surface area contributed by atoms with Gasteiger partial charge in [0.25, 0.3) is 0 Å². The standard InChI is InChI=1S/C48H75NO18/c1-27-18-16-14-12-10-8-6-7-9-11-13-15-17-19-34(66-47-44(59)40(49)42(57)30(4)65-47)25-37-39(46(61)63-5)43(58)45(60)48(62,67-37)26-33(52)23-36(54)35(53)21-20-31(50)22-32(51)24-38(55)64-29(3)28(2)41(27)56/h6-19,27-37,39-45,47,50-54,56-60,62H,20-26,49H2,1-5H3/b7-6+,10-8+,11-9+,14-12+,15-13+,18-16+,19-17+. The van der Waals surface area contributed by atoms with E-state index in [1.807, 2.05) is 13.0 Å². The molecular formula is C48H75NO18. The smallest absolute Gasteiger partial charge is 0.314 e. The Labute approximate surface area is 392 Å². The Morgan fingerprint density at radius 3 is 1.82 bits per heavy atom. The van der Waals surface area contributed by atoms with Crippen LogP contribution in [0, 0.1) is 17.8 Å². The lowest BCUT2D eigenvalue weighted by molar-refractivity contribution is -0.347. The van der Waals surface area contributed by atoms with Crippen LogP contribution in [0.1, 0.15) is 72.6 Å². The van der Waals surface area contributed by atoms with Gasteiger partial charge >= 0.3 is 11.9 Å². The minimum absolute atomic E-state index is 0.138. The Bertz CT molecular complexity index is 1720. The van der Waals surface area contributed by atoms with Gasteiger partial charge in [-0.15, -0.1) is 0 Å². The summed E-state index contributed by atoms with van der Waals surface area (Å²) in [6, 6.07) is -1.17. The Hall–Kier alpha value is -3.48. The topological polar surface area (TPSA) is 329 Å². The molecule has 0 radical (unpaired) electrons. The fourth-order valence-corrected chi connectivity index (χ4v) is 8.06. The highest BCUT2D eigenvalue weighted by molar-refractivity contribution is 5.74. The number of rotatable bonds is 3. The zero-order valence-electron chi connectivity index (χ0n) is 38.9. The number of aliphatic hydroxyl groups excluding tert-OH is 10. The van der Waals surface area contributed by atoms with Gasteiger partial charge in [0, 0.05) is 31.1 Å². The van der Waals surface area contributed by atoms with Crippen LogP contribution in [0.25, 0.3) is 0 Å². The predicted octanol–water partition coefficient (Wildman–Crippen LogP) is -0.229. The van der Waals surface area contributed by atoms with E-state index in [9.17, 15) is 65.8 Å². The van der Waals surface area contributed by atoms with E-state index in [0.29, 0.717) is 0 Å². The number of esters is 2. The molecule has 2 saturated heterocycles. The average molecular weight is 954 g/mol. The van der Waals surface area contributed by atoms with E-state index in [0.717, 1.165) is 7.11 Å². The predicted molar refractivity (Wildman–Crippen MR) is 243 cm³/mol. The molecule has 0 amide bonds. The van der Waals surface area contributed by atoms with E-state index >= 15 is 0 Å². The molecule has 3 rings (SSSR count). The van der Waals surface area contributed by atoms with Gasteiger partial charge in [-0.05, 0) is 33.1 Å². The molecular weight excluding hydrogens is 879 g/mol. The molecule has 19 heteroatoms. The van der Waals surface area contributed by atoms with Gasteiger partial charge in [0.2, 0.25) is 0 Å². The minimum Gasteiger partial charge on any atom is -0.469 e. The van der Waals surface area contributed by atoms with Crippen molar-refractivity contribution in [3.8, 4) is 0 Å². The number of ether oxygens (including phenoxy) is 5. The van der Waals surface area contributed by atoms with Crippen LogP contribution in [0.2, 0.25) is 0 Å². The number of carbonyl (C=O) groups is 2. The van der Waals surface area contributed by atoms with Crippen LogP contribution in [-0.2, 0) is 33.3 Å². The molecule has 3 aliphatic rings. The van der Waals surface area contributed by atoms with Crippen molar-refractivity contribution in [1.82, 2.24) is 0 Å². The molecule has 19 nitrogen and oxygen atoms in total. The second kappa shape index (κ2) is 28.3. The first kappa shape index (κ1) is 57.8. The van der Waals surface area contributed by atoms with Crippen LogP contribution in [-0.4, -0.2) is 179 Å². The van der Waals surface area contributed by atoms with Crippen LogP contribution in [0.15, 0.2) is 85.1 Å². The maximum absolute atomic E-state index is 13.1. The summed E-state index contributed by atoms with van der Waals surface area (Å²) >= 11 is 0. The third-order valence-electron chi connectivity index (χ3n) is 12.4. The van der Waals surface area contributed by atoms with Crippen molar-refractivity contribution in [3.63, 3.8) is 0 Å². The van der Waals surface area contributed by atoms with Crippen LogP contribution in [0.4, 0.5) is 0 Å². The number of hydrogen-bond donors (Lipinski definition) is 12. The van der Waals surface area contributed by atoms with Gasteiger partial charge in [-0.2, -0.15) is 0 Å². The van der Waals surface area contributed by atoms with Crippen molar-refractivity contribution in [3.05, 3.63) is 85.1 Å². The zero-order chi connectivity index (χ0) is 50.0. The molecule has 2 bridgehead atoms. The Kier molecular flexibility index (Phi) is 24.4. The molecule has 20 unspecified atom stereocenters. The highest BCUT2D eigenvalue weighted by atomic mass is 16.7. The van der Waals surface area contributed by atoms with Crippen LogP contribution >= 0.6 is 0 Å². The number of carbonyl (C=O) groups excluding carboxylic acids is 2. The second-order valence-corrected chi connectivity index (χ2v) is 17.8. The summed E-state index contributed by atoms with van der Waals surface area (Å²) in [5, 5.41) is 120. The van der Waals surface area contributed by atoms with Crippen molar-refractivity contribution in [2.45, 2.75) is 176 Å². The van der Waals surface area contributed by atoms with E-state index in [1.54, 1.807) is 86.8 Å². The van der Waals surface area contributed by atoms with Crippen molar-refractivity contribution < 1.29 is 89.4 Å². The summed E-state index contributed by atoms with van der Waals surface area (Å²) < 4.78 is 28.1. The van der Waals surface area contributed by atoms with Crippen LogP contribution in [0.5, 0.6) is 0 Å². The lowest BCUT2D eigenvalue weighted by atomic mass is 9.80. The Balaban J connectivity index is 1.91. The van der Waals surface area contributed by atoms with Crippen molar-refractivity contribution in [2.24, 2.45) is 23.5 Å². The summed E-state index contributed by atoms with van der Waals surface area (Å²) in [6.07, 6.45) is 0.534. The lowest BCUT2D eigenvalue weighted by Crippen LogP contribution is -2.65. The molecule has 0 aromatic heterocycles. The highest BCUT2D eigenvalue weighted by Crippen LogP contribution is 2.39. The van der Waals surface area contributed by atoms with E-state index < -0.39 is 147 Å². The van der Waals surface area contributed by atoms with E-state index in [4.69, 9.17) is 29.4 Å². The average Bonchev–Trinajstić information content (AvgIpc) is 3.27. The number of methoxy groups -OCH3 is 1. The first-order valence-electron chi connectivity index (χ1n) is 22.8. The maximum Gasteiger partial charge on any atom is 0.314 e. The Morgan fingerprint density at radius 2 is 1.24 bits per heavy atom. The molecule has 67 heavy (non-hydrogen) atoms. The third-order valence-corrected chi connectivity index (χ3v) is 12.4. The number of fused-ring (bicyclic) bond motifs is 2. The third kappa shape index (κ3) is 18.1. The summed E-state index contributed by atoms with van der Waals surface area (Å²) in [5.41, 5.74) is 6.04. The van der Waals surface area contributed by atoms with Gasteiger partial charge in [0.1, 0.15) is 30.3 Å². The number of cyclic esters (lactones) is 1. The Morgan fingerprint density at radius 1 is 0.672 bits per heavy atom. The zero-order valence-corrected chi connectivity index (χ0v) is 38.9. The number of nitrogens with two attached hydrogens (primary N) is 1. The molecule has 0 spiro atoms. The van der Waals surface area contributed by atoms with Gasteiger partial charge in [0.05, 0.1) is 80.6 Å². The monoisotopic (exact) mass is 953 g/mol. The van der Waals surface area contributed by atoms with Crippen LogP contribution in [0.3, 0.4) is 0 Å². The quantitative estimate of drug-likeness (QED) is 0.163. The van der Waals surface area contributed by atoms with E-state index in [1.165, 1.54) is 13.0 Å². The van der Waals surface area contributed by atoms with Gasteiger partial charge in [-0.3, -0.25) is 9.59 Å². The SMILES string of the molecule is COC(=O)C1C2CC(OC3OC(C)C(O)C(N)C3O)/C=C/C=C/C=C/C=C/C=C/C=C/C=C/C(C)C(O)C(C)C(C)OC(=O)CC(O)CC(O)CCC(O)C(O)CC(O)CC(O)(O2)C(O)C1O.